The molecule has 0 saturated heterocycles. The molecule has 6 heterocycles. The summed E-state index contributed by atoms with van der Waals surface area (Å²) >= 11 is 0. The molecule has 0 spiro atoms. The summed E-state index contributed by atoms with van der Waals surface area (Å²) in [5.74, 6) is 0.851. The van der Waals surface area contributed by atoms with Gasteiger partial charge in [0.15, 0.2) is 11.2 Å². The monoisotopic (exact) mass is 1100 g/mol. The number of benzene rings is 13. The number of furan rings is 2. The first-order valence-electron chi connectivity index (χ1n) is 30.1. The van der Waals surface area contributed by atoms with E-state index in [1.807, 2.05) is 0 Å². The molecule has 19 aromatic rings. The molecule has 19 rings (SSSR count). The molecule has 0 saturated carbocycles. The molecule has 6 heteroatoms. The maximum Gasteiger partial charge on any atom is 0.178 e. The van der Waals surface area contributed by atoms with Crippen molar-refractivity contribution in [2.24, 2.45) is 0 Å². The van der Waals surface area contributed by atoms with E-state index in [4.69, 9.17) is 8.83 Å². The standard InChI is InChI=1S/C80H54N4O2/c1-45(2)47-19-25-53(26-20-47)81(57-31-35-73-67(43-57)63-15-9-13-61-59-11-5-7-17-71(59)83(73)77(61)63)55-29-23-49-39-69-65-33-34-66-70-40-50-24-30-56(38-52(50)42-76(70)86-80(66)79(65)85-75(69)41-51(49)37-55)82(54-27-21-48(22-28-54)46(3)4)58-32-36-74-68(44-58)64-16-10-14-62-60-12-6-8-18-72(60)84(74)78(62)64/h5-46H,1-4H3. The molecule has 86 heavy (non-hydrogen) atoms. The third kappa shape index (κ3) is 6.61. The zero-order valence-electron chi connectivity index (χ0n) is 47.9. The maximum absolute atomic E-state index is 6.98. The van der Waals surface area contributed by atoms with Crippen LogP contribution in [-0.4, -0.2) is 8.80 Å². The van der Waals surface area contributed by atoms with Crippen LogP contribution in [0.4, 0.5) is 34.1 Å². The van der Waals surface area contributed by atoms with Crippen molar-refractivity contribution in [3.8, 4) is 0 Å². The van der Waals surface area contributed by atoms with Crippen molar-refractivity contribution >= 4 is 176 Å². The summed E-state index contributed by atoms with van der Waals surface area (Å²) in [7, 11) is 0. The van der Waals surface area contributed by atoms with Gasteiger partial charge in [0.1, 0.15) is 11.2 Å². The van der Waals surface area contributed by atoms with Crippen molar-refractivity contribution in [1.29, 1.82) is 0 Å². The zero-order valence-corrected chi connectivity index (χ0v) is 47.9. The van der Waals surface area contributed by atoms with Gasteiger partial charge in [-0.15, -0.1) is 0 Å². The molecule has 0 amide bonds. The molecule has 0 unspecified atom stereocenters. The molecule has 0 aliphatic rings. The van der Waals surface area contributed by atoms with Crippen molar-refractivity contribution < 1.29 is 8.83 Å². The number of para-hydroxylation sites is 4. The summed E-state index contributed by atoms with van der Waals surface area (Å²) in [6, 6.07) is 90.2. The molecule has 6 aromatic heterocycles. The second-order valence-corrected chi connectivity index (χ2v) is 24.5. The maximum atomic E-state index is 6.98. The second-order valence-electron chi connectivity index (χ2n) is 24.5. The predicted octanol–water partition coefficient (Wildman–Crippen LogP) is 23.3. The number of hydrogen-bond acceptors (Lipinski definition) is 4. The van der Waals surface area contributed by atoms with E-state index in [2.05, 4.69) is 289 Å². The van der Waals surface area contributed by atoms with Gasteiger partial charge in [-0.25, -0.2) is 0 Å². The van der Waals surface area contributed by atoms with Crippen LogP contribution >= 0.6 is 0 Å². The summed E-state index contributed by atoms with van der Waals surface area (Å²) in [6.45, 7) is 9.01. The van der Waals surface area contributed by atoms with Crippen LogP contribution in [0.3, 0.4) is 0 Å². The summed E-state index contributed by atoms with van der Waals surface area (Å²) in [5.41, 5.74) is 19.8. The molecule has 0 N–H and O–H groups in total. The highest BCUT2D eigenvalue weighted by Gasteiger charge is 2.24. The molecular formula is C80H54N4O2. The number of aromatic nitrogens is 2. The van der Waals surface area contributed by atoms with E-state index in [0.717, 1.165) is 99.5 Å². The lowest BCUT2D eigenvalue weighted by atomic mass is 10.0. The SMILES string of the molecule is CC(C)c1ccc(N(c2ccc3cc4c(cc3c2)oc2c4ccc3c4cc5ccc(N(c6ccc(C(C)C)cc6)c6ccc7c(c6)c6cccc8c9ccccc9n7c86)cc5cc4oc32)c2ccc3c(c2)c2cccc4c5ccccc5n3c42)cc1. The van der Waals surface area contributed by atoms with Crippen LogP contribution in [0.2, 0.25) is 0 Å². The molecule has 0 atom stereocenters. The van der Waals surface area contributed by atoms with E-state index in [1.165, 1.54) is 87.3 Å². The summed E-state index contributed by atoms with van der Waals surface area (Å²) in [4.78, 5) is 4.80. The molecule has 406 valence electrons. The Morgan fingerprint density at radius 2 is 0.628 bits per heavy atom. The highest BCUT2D eigenvalue weighted by Crippen LogP contribution is 2.48. The number of anilines is 6. The molecular weight excluding hydrogens is 1050 g/mol. The van der Waals surface area contributed by atoms with Crippen molar-refractivity contribution in [1.82, 2.24) is 8.80 Å². The molecule has 13 aromatic carbocycles. The van der Waals surface area contributed by atoms with E-state index in [0.29, 0.717) is 11.8 Å². The number of fused-ring (bicyclic) bond motifs is 21. The van der Waals surface area contributed by atoms with E-state index in [-0.39, 0.29) is 0 Å². The fourth-order valence-electron chi connectivity index (χ4n) is 14.8. The first kappa shape index (κ1) is 47.6. The van der Waals surface area contributed by atoms with E-state index in [1.54, 1.807) is 0 Å². The highest BCUT2D eigenvalue weighted by molar-refractivity contribution is 6.26. The van der Waals surface area contributed by atoms with Crippen LogP contribution in [-0.2, 0) is 0 Å². The van der Waals surface area contributed by atoms with Crippen LogP contribution in [0, 0.1) is 0 Å². The average Bonchev–Trinajstić information content (AvgIpc) is 1.65. The van der Waals surface area contributed by atoms with Crippen LogP contribution in [0.5, 0.6) is 0 Å². The minimum Gasteiger partial charge on any atom is -0.452 e. The molecule has 0 radical (unpaired) electrons. The smallest absolute Gasteiger partial charge is 0.178 e. The summed E-state index contributed by atoms with van der Waals surface area (Å²) in [5, 5.41) is 18.8. The fourth-order valence-corrected chi connectivity index (χ4v) is 14.8. The number of hydrogen-bond donors (Lipinski definition) is 0. The second kappa shape index (κ2) is 17.4. The van der Waals surface area contributed by atoms with E-state index < -0.39 is 0 Å². The van der Waals surface area contributed by atoms with Gasteiger partial charge in [-0.1, -0.05) is 137 Å². The predicted molar refractivity (Wildman–Crippen MR) is 363 cm³/mol. The first-order chi connectivity index (χ1) is 42.3. The fraction of sp³-hybridized carbons (Fsp3) is 0.0750. The van der Waals surface area contributed by atoms with Gasteiger partial charge >= 0.3 is 0 Å². The normalized spacial score (nSPS) is 12.6. The minimum absolute atomic E-state index is 0.426. The molecule has 0 bridgehead atoms. The van der Waals surface area contributed by atoms with Crippen LogP contribution in [0.1, 0.15) is 50.7 Å². The Hall–Kier alpha value is -10.8. The Morgan fingerprint density at radius 3 is 1.06 bits per heavy atom. The lowest BCUT2D eigenvalue weighted by molar-refractivity contribution is 0.634. The highest BCUT2D eigenvalue weighted by atomic mass is 16.4. The largest absolute Gasteiger partial charge is 0.452 e. The molecule has 0 aliphatic carbocycles. The van der Waals surface area contributed by atoms with Gasteiger partial charge in [0.2, 0.25) is 0 Å². The van der Waals surface area contributed by atoms with Crippen molar-refractivity contribution in [2.45, 2.75) is 39.5 Å². The van der Waals surface area contributed by atoms with Gasteiger partial charge < -0.3 is 27.4 Å². The Kier molecular flexibility index (Phi) is 9.63. The van der Waals surface area contributed by atoms with Crippen molar-refractivity contribution in [3.05, 3.63) is 254 Å². The van der Waals surface area contributed by atoms with E-state index in [9.17, 15) is 0 Å². The van der Waals surface area contributed by atoms with Gasteiger partial charge in [-0.2, -0.15) is 0 Å². The third-order valence-electron chi connectivity index (χ3n) is 19.0. The minimum atomic E-state index is 0.426. The van der Waals surface area contributed by atoms with Gasteiger partial charge in [0, 0.05) is 98.8 Å². The first-order valence-corrected chi connectivity index (χ1v) is 30.1. The lowest BCUT2D eigenvalue weighted by Crippen LogP contribution is -2.10. The van der Waals surface area contributed by atoms with Crippen LogP contribution in [0.15, 0.2) is 251 Å². The number of rotatable bonds is 8. The Balaban J connectivity index is 0.724. The summed E-state index contributed by atoms with van der Waals surface area (Å²) < 4.78 is 18.9. The quantitative estimate of drug-likeness (QED) is 0.152. The topological polar surface area (TPSA) is 41.6 Å². The van der Waals surface area contributed by atoms with Crippen molar-refractivity contribution in [3.63, 3.8) is 0 Å². The van der Waals surface area contributed by atoms with Gasteiger partial charge in [0.05, 0.1) is 33.1 Å². The Morgan fingerprint density at radius 1 is 0.267 bits per heavy atom. The Bertz CT molecular complexity index is 5660. The average molecular weight is 1100 g/mol. The van der Waals surface area contributed by atoms with Crippen LogP contribution < -0.4 is 9.80 Å². The third-order valence-corrected chi connectivity index (χ3v) is 19.0. The lowest BCUT2D eigenvalue weighted by Gasteiger charge is -2.26. The van der Waals surface area contributed by atoms with Crippen molar-refractivity contribution in [2.75, 3.05) is 9.80 Å². The van der Waals surface area contributed by atoms with Gasteiger partial charge in [-0.3, -0.25) is 0 Å². The zero-order chi connectivity index (χ0) is 56.8. The van der Waals surface area contributed by atoms with Crippen LogP contribution in [0.25, 0.3) is 142 Å². The number of nitrogens with zero attached hydrogens (tertiary/aromatic N) is 4. The molecule has 0 fully saturated rings. The van der Waals surface area contributed by atoms with Gasteiger partial charge in [-0.05, 0) is 178 Å². The van der Waals surface area contributed by atoms with Gasteiger partial charge in [0.25, 0.3) is 0 Å². The van der Waals surface area contributed by atoms with E-state index >= 15 is 0 Å². The Labute approximate surface area is 493 Å². The molecule has 6 nitrogen and oxygen atoms in total. The molecule has 0 aliphatic heterocycles. The summed E-state index contributed by atoms with van der Waals surface area (Å²) in [6.07, 6.45) is 0.